The minimum absolute atomic E-state index is 0.00828. The predicted molar refractivity (Wildman–Crippen MR) is 219 cm³/mol. The van der Waals surface area contributed by atoms with Crippen molar-refractivity contribution < 1.29 is 88.6 Å². The quantitative estimate of drug-likeness (QED) is 0.0816. The fourth-order valence-corrected chi connectivity index (χ4v) is 8.27. The van der Waals surface area contributed by atoms with Crippen molar-refractivity contribution in [3.05, 3.63) is 23.7 Å². The molecule has 62 heavy (non-hydrogen) atoms. The first kappa shape index (κ1) is 55.6. The van der Waals surface area contributed by atoms with Gasteiger partial charge in [-0.05, 0) is 30.4 Å². The Bertz CT molecular complexity index is 1550. The summed E-state index contributed by atoms with van der Waals surface area (Å²) < 4.78 is 20.8. The SMILES string of the molecule is CC(=O)NC1C(C)C=C(C(=O)O)OC1C(O)C(O)CO.CCC(CC)C(NC(C)=O)C1C(C)CC(C(=O)O)C1O.COCC(O)C(OC)C1OC(C(=O)O)=CC(C)C1NC(C)=O. The van der Waals surface area contributed by atoms with Crippen molar-refractivity contribution in [3.8, 4) is 0 Å². The molecule has 0 saturated heterocycles. The van der Waals surface area contributed by atoms with Crippen LogP contribution in [0.5, 0.6) is 0 Å². The first-order valence-electron chi connectivity index (χ1n) is 20.5. The summed E-state index contributed by atoms with van der Waals surface area (Å²) in [6.45, 7) is 12.9. The van der Waals surface area contributed by atoms with Crippen LogP contribution in [0, 0.1) is 35.5 Å². The van der Waals surface area contributed by atoms with Crippen LogP contribution in [-0.2, 0) is 47.7 Å². The number of amides is 3. The van der Waals surface area contributed by atoms with Crippen molar-refractivity contribution in [2.75, 3.05) is 27.4 Å². The Morgan fingerprint density at radius 3 is 1.60 bits per heavy atom. The van der Waals surface area contributed by atoms with Crippen molar-refractivity contribution in [2.24, 2.45) is 35.5 Å². The highest BCUT2D eigenvalue weighted by Gasteiger charge is 2.49. The van der Waals surface area contributed by atoms with Gasteiger partial charge in [0.05, 0.1) is 37.3 Å². The Balaban J connectivity index is 0.000000466. The molecule has 1 saturated carbocycles. The molecule has 0 aromatic heterocycles. The van der Waals surface area contributed by atoms with Crippen LogP contribution in [0.2, 0.25) is 0 Å². The van der Waals surface area contributed by atoms with E-state index in [2.05, 4.69) is 29.8 Å². The highest BCUT2D eigenvalue weighted by Crippen LogP contribution is 2.41. The molecule has 15 unspecified atom stereocenters. The zero-order chi connectivity index (χ0) is 47.8. The van der Waals surface area contributed by atoms with Gasteiger partial charge in [-0.2, -0.15) is 0 Å². The number of carbonyl (C=O) groups is 6. The maximum atomic E-state index is 11.5. The van der Waals surface area contributed by atoms with E-state index in [0.29, 0.717) is 6.42 Å². The van der Waals surface area contributed by atoms with E-state index in [1.165, 1.54) is 47.1 Å². The summed E-state index contributed by atoms with van der Waals surface area (Å²) >= 11 is 0. The second kappa shape index (κ2) is 26.3. The largest absolute Gasteiger partial charge is 0.481 e. The number of rotatable bonds is 18. The van der Waals surface area contributed by atoms with Gasteiger partial charge in [0.2, 0.25) is 29.2 Å². The Kier molecular flexibility index (Phi) is 23.6. The van der Waals surface area contributed by atoms with Gasteiger partial charge in [0.25, 0.3) is 0 Å². The van der Waals surface area contributed by atoms with E-state index in [1.54, 1.807) is 13.8 Å². The predicted octanol–water partition coefficient (Wildman–Crippen LogP) is -0.630. The van der Waals surface area contributed by atoms with Crippen LogP contribution in [0.3, 0.4) is 0 Å². The maximum Gasteiger partial charge on any atom is 0.370 e. The number of hydrogen-bond donors (Lipinski definition) is 11. The number of nitrogens with one attached hydrogen (secondary N) is 3. The van der Waals surface area contributed by atoms with Crippen LogP contribution in [0.25, 0.3) is 0 Å². The molecular weight excluding hydrogens is 822 g/mol. The number of carboxylic acid groups (broad SMARTS) is 3. The van der Waals surface area contributed by atoms with E-state index in [9.17, 15) is 54.3 Å². The molecule has 2 aliphatic heterocycles. The van der Waals surface area contributed by atoms with Gasteiger partial charge in [-0.1, -0.05) is 47.5 Å². The van der Waals surface area contributed by atoms with Gasteiger partial charge in [0.1, 0.15) is 36.6 Å². The second-order valence-corrected chi connectivity index (χ2v) is 16.0. The summed E-state index contributed by atoms with van der Waals surface area (Å²) in [7, 11) is 2.80. The number of aliphatic hydroxyl groups excluding tert-OH is 5. The average molecular weight is 892 g/mol. The van der Waals surface area contributed by atoms with Gasteiger partial charge in [0.15, 0.2) is 0 Å². The minimum Gasteiger partial charge on any atom is -0.481 e. The number of aliphatic carboxylic acids is 3. The Labute approximate surface area is 361 Å². The minimum atomic E-state index is -1.54. The van der Waals surface area contributed by atoms with Gasteiger partial charge < -0.3 is 75.8 Å². The normalized spacial score (nSPS) is 29.1. The average Bonchev–Trinajstić information content (AvgIpc) is 3.49. The fraction of sp³-hybridized carbons (Fsp3) is 0.756. The molecule has 3 amide bonds. The highest BCUT2D eigenvalue weighted by molar-refractivity contribution is 5.85. The summed E-state index contributed by atoms with van der Waals surface area (Å²) in [5.74, 6) is -6.16. The van der Waals surface area contributed by atoms with Crippen LogP contribution >= 0.6 is 0 Å². The summed E-state index contributed by atoms with van der Waals surface area (Å²) in [5.41, 5.74) is 0. The molecule has 21 heteroatoms. The van der Waals surface area contributed by atoms with Gasteiger partial charge >= 0.3 is 17.9 Å². The molecule has 3 rings (SSSR count). The smallest absolute Gasteiger partial charge is 0.370 e. The summed E-state index contributed by atoms with van der Waals surface area (Å²) in [5, 5.41) is 84.3. The molecule has 0 aromatic carbocycles. The molecule has 1 fully saturated rings. The van der Waals surface area contributed by atoms with E-state index >= 15 is 0 Å². The summed E-state index contributed by atoms with van der Waals surface area (Å²) in [6, 6.07) is -1.40. The number of carboxylic acids is 3. The first-order chi connectivity index (χ1) is 28.9. The standard InChI is InChI=1S/C15H27NO4.C14H23NO7.C12H19NO7/c1-5-10(6-2)13(16-9(4)17)12-8(3)7-11(14(12)18)15(19)20;1-7-5-10(14(18)19)22-13(11(7)15-8(2)16)12(21-4)9(17)6-20-3;1-5-3-8(12(18)19)20-11(9(5)13-6(2)15)10(17)7(16)4-14/h8,10-14,18H,5-7H2,1-4H3,(H,16,17)(H,19,20);5,7,9,11-13,17H,6H2,1-4H3,(H,15,16)(H,18,19);3,5,7,9-11,14,16-17H,4H2,1-2H3,(H,13,15)(H,18,19). The van der Waals surface area contributed by atoms with Crippen molar-refractivity contribution in [3.63, 3.8) is 0 Å². The van der Waals surface area contributed by atoms with Gasteiger partial charge in [-0.3, -0.25) is 19.2 Å². The van der Waals surface area contributed by atoms with Gasteiger partial charge in [-0.25, -0.2) is 9.59 Å². The van der Waals surface area contributed by atoms with Crippen molar-refractivity contribution in [1.29, 1.82) is 0 Å². The number of methoxy groups -OCH3 is 2. The second-order valence-electron chi connectivity index (χ2n) is 16.0. The lowest BCUT2D eigenvalue weighted by Crippen LogP contribution is -2.58. The third-order valence-electron chi connectivity index (χ3n) is 11.3. The number of hydrogen-bond acceptors (Lipinski definition) is 15. The Morgan fingerprint density at radius 1 is 0.774 bits per heavy atom. The number of ether oxygens (including phenoxy) is 4. The van der Waals surface area contributed by atoms with Crippen LogP contribution in [0.4, 0.5) is 0 Å². The summed E-state index contributed by atoms with van der Waals surface area (Å²) in [4.78, 5) is 67.4. The molecule has 0 radical (unpaired) electrons. The zero-order valence-corrected chi connectivity index (χ0v) is 37.1. The fourth-order valence-electron chi connectivity index (χ4n) is 8.27. The van der Waals surface area contributed by atoms with E-state index in [-0.39, 0.29) is 65.6 Å². The van der Waals surface area contributed by atoms with Crippen molar-refractivity contribution in [1.82, 2.24) is 16.0 Å². The Hall–Kier alpha value is -4.38. The summed E-state index contributed by atoms with van der Waals surface area (Å²) in [6.07, 6.45) is -2.84. The molecule has 0 spiro atoms. The highest BCUT2D eigenvalue weighted by atomic mass is 16.6. The van der Waals surface area contributed by atoms with Crippen LogP contribution in [-0.4, -0.2) is 165 Å². The zero-order valence-electron chi connectivity index (χ0n) is 37.1. The molecule has 11 N–H and O–H groups in total. The molecule has 21 nitrogen and oxygen atoms in total. The van der Waals surface area contributed by atoms with Crippen LogP contribution in [0.1, 0.15) is 74.7 Å². The molecule has 15 atom stereocenters. The van der Waals surface area contributed by atoms with Crippen LogP contribution < -0.4 is 16.0 Å². The van der Waals surface area contributed by atoms with Crippen LogP contribution in [0.15, 0.2) is 23.7 Å². The van der Waals surface area contributed by atoms with Crippen molar-refractivity contribution >= 4 is 35.6 Å². The number of aliphatic hydroxyl groups is 5. The molecular formula is C41H69N3O18. The molecule has 1 aliphatic carbocycles. The lowest BCUT2D eigenvalue weighted by molar-refractivity contribution is -0.151. The molecule has 3 aliphatic rings. The molecule has 356 valence electrons. The third-order valence-corrected chi connectivity index (χ3v) is 11.3. The number of carbonyl (C=O) groups excluding carboxylic acids is 3. The molecule has 2 heterocycles. The third kappa shape index (κ3) is 15.8. The lowest BCUT2D eigenvalue weighted by atomic mass is 9.79. The van der Waals surface area contributed by atoms with E-state index in [0.717, 1.165) is 12.8 Å². The monoisotopic (exact) mass is 891 g/mol. The van der Waals surface area contributed by atoms with Crippen molar-refractivity contribution in [2.45, 2.75) is 136 Å². The van der Waals surface area contributed by atoms with E-state index < -0.39 is 91.2 Å². The Morgan fingerprint density at radius 2 is 1.24 bits per heavy atom. The molecule has 0 aromatic rings. The van der Waals surface area contributed by atoms with E-state index in [1.807, 2.05) is 6.92 Å². The van der Waals surface area contributed by atoms with Gasteiger partial charge in [0, 0.05) is 58.8 Å². The maximum absolute atomic E-state index is 11.5. The molecule has 0 bridgehead atoms. The topological polar surface area (TPSA) is 337 Å². The first-order valence-corrected chi connectivity index (χ1v) is 20.5. The lowest BCUT2D eigenvalue weighted by Gasteiger charge is -2.40. The van der Waals surface area contributed by atoms with Gasteiger partial charge in [-0.15, -0.1) is 0 Å². The van der Waals surface area contributed by atoms with E-state index in [4.69, 9.17) is 34.3 Å².